The molecule has 2 aromatic carbocycles. The van der Waals surface area contributed by atoms with Gasteiger partial charge in [0.1, 0.15) is 11.5 Å². The predicted octanol–water partition coefficient (Wildman–Crippen LogP) is 4.99. The van der Waals surface area contributed by atoms with Crippen LogP contribution in [-0.4, -0.2) is 15.7 Å². The average molecular weight is 392 g/mol. The van der Waals surface area contributed by atoms with Gasteiger partial charge in [0.15, 0.2) is 0 Å². The molecule has 0 fully saturated rings. The Bertz CT molecular complexity index is 1030. The zero-order chi connectivity index (χ0) is 20.3. The van der Waals surface area contributed by atoms with E-state index >= 15 is 0 Å². The van der Waals surface area contributed by atoms with Gasteiger partial charge in [0.05, 0.1) is 22.4 Å². The third-order valence-electron chi connectivity index (χ3n) is 3.79. The first kappa shape index (κ1) is 19.1. The largest absolute Gasteiger partial charge is 0.416 e. The van der Waals surface area contributed by atoms with Gasteiger partial charge >= 0.3 is 6.18 Å². The van der Waals surface area contributed by atoms with Crippen molar-refractivity contribution in [3.8, 4) is 5.69 Å². The molecule has 0 aliphatic heterocycles. The minimum absolute atomic E-state index is 0.186. The molecule has 3 rings (SSSR count). The highest BCUT2D eigenvalue weighted by Crippen LogP contribution is 2.34. The van der Waals surface area contributed by atoms with Crippen LogP contribution >= 0.6 is 0 Å². The van der Waals surface area contributed by atoms with Crippen LogP contribution in [0.15, 0.2) is 65.9 Å². The molecule has 0 unspecified atom stereocenters. The molecule has 0 saturated heterocycles. The van der Waals surface area contributed by atoms with Gasteiger partial charge in [-0.15, -0.1) is 0 Å². The second-order valence-electron chi connectivity index (χ2n) is 5.64. The highest BCUT2D eigenvalue weighted by atomic mass is 19.4. The van der Waals surface area contributed by atoms with E-state index in [-0.39, 0.29) is 11.5 Å². The first-order valence-corrected chi connectivity index (χ1v) is 7.84. The van der Waals surface area contributed by atoms with Gasteiger partial charge < -0.3 is 4.57 Å². The van der Waals surface area contributed by atoms with Gasteiger partial charge in [0.2, 0.25) is 0 Å². The Labute approximate surface area is 155 Å². The molecule has 0 saturated carbocycles. The molecule has 144 valence electrons. The first-order valence-electron chi connectivity index (χ1n) is 7.84. The van der Waals surface area contributed by atoms with Crippen molar-refractivity contribution < 1.29 is 22.5 Å². The van der Waals surface area contributed by atoms with Crippen LogP contribution in [0, 0.1) is 15.9 Å². The van der Waals surface area contributed by atoms with Gasteiger partial charge in [0, 0.05) is 18.0 Å². The summed E-state index contributed by atoms with van der Waals surface area (Å²) in [4.78, 5) is 10.1. The maximum Gasteiger partial charge on any atom is 0.416 e. The molecule has 1 aromatic heterocycles. The molecule has 0 aliphatic carbocycles. The van der Waals surface area contributed by atoms with Gasteiger partial charge in [-0.05, 0) is 48.5 Å². The number of hydrogen-bond donors (Lipinski definition) is 1. The predicted molar refractivity (Wildman–Crippen MR) is 95.0 cm³/mol. The lowest BCUT2D eigenvalue weighted by Crippen LogP contribution is -2.07. The highest BCUT2D eigenvalue weighted by molar-refractivity contribution is 5.80. The molecule has 0 radical (unpaired) electrons. The van der Waals surface area contributed by atoms with Crippen LogP contribution in [0.4, 0.5) is 28.9 Å². The molecule has 1 N–H and O–H groups in total. The molecule has 6 nitrogen and oxygen atoms in total. The van der Waals surface area contributed by atoms with Crippen LogP contribution in [0.2, 0.25) is 0 Å². The molecule has 0 atom stereocenters. The smallest absolute Gasteiger partial charge is 0.316 e. The fourth-order valence-electron chi connectivity index (χ4n) is 2.46. The van der Waals surface area contributed by atoms with Crippen LogP contribution in [0.1, 0.15) is 11.3 Å². The lowest BCUT2D eigenvalue weighted by atomic mass is 10.1. The summed E-state index contributed by atoms with van der Waals surface area (Å²) in [6, 6.07) is 11.2. The third kappa shape index (κ3) is 4.17. The van der Waals surface area contributed by atoms with E-state index in [4.69, 9.17) is 0 Å². The van der Waals surface area contributed by atoms with Crippen LogP contribution < -0.4 is 5.43 Å². The summed E-state index contributed by atoms with van der Waals surface area (Å²) < 4.78 is 52.9. The lowest BCUT2D eigenvalue weighted by molar-refractivity contribution is -0.384. The molecule has 3 aromatic rings. The number of nitrogens with zero attached hydrogens (tertiary/aromatic N) is 3. The number of rotatable bonds is 5. The fourth-order valence-corrected chi connectivity index (χ4v) is 2.46. The van der Waals surface area contributed by atoms with Crippen LogP contribution in [-0.2, 0) is 6.18 Å². The topological polar surface area (TPSA) is 72.5 Å². The van der Waals surface area contributed by atoms with Gasteiger partial charge in [-0.3, -0.25) is 15.5 Å². The van der Waals surface area contributed by atoms with Crippen LogP contribution in [0.3, 0.4) is 0 Å². The molecule has 0 spiro atoms. The number of halogens is 4. The van der Waals surface area contributed by atoms with E-state index in [2.05, 4.69) is 10.5 Å². The van der Waals surface area contributed by atoms with E-state index in [1.54, 1.807) is 35.0 Å². The number of alkyl halides is 3. The Kier molecular flexibility index (Phi) is 5.12. The van der Waals surface area contributed by atoms with E-state index in [0.29, 0.717) is 17.4 Å². The molecule has 0 bridgehead atoms. The van der Waals surface area contributed by atoms with Crippen LogP contribution in [0.5, 0.6) is 0 Å². The average Bonchev–Trinajstić information content (AvgIpc) is 3.10. The minimum Gasteiger partial charge on any atom is -0.316 e. The summed E-state index contributed by atoms with van der Waals surface area (Å²) >= 11 is 0. The van der Waals surface area contributed by atoms with Crippen molar-refractivity contribution in [1.82, 2.24) is 4.57 Å². The zero-order valence-corrected chi connectivity index (χ0v) is 14.0. The summed E-state index contributed by atoms with van der Waals surface area (Å²) in [5, 5.41) is 14.9. The Balaban J connectivity index is 1.83. The monoisotopic (exact) mass is 392 g/mol. The van der Waals surface area contributed by atoms with Crippen molar-refractivity contribution in [2.75, 3.05) is 5.43 Å². The van der Waals surface area contributed by atoms with Gasteiger partial charge in [-0.1, -0.05) is 0 Å². The van der Waals surface area contributed by atoms with Crippen molar-refractivity contribution in [2.24, 2.45) is 5.10 Å². The van der Waals surface area contributed by atoms with E-state index in [1.165, 1.54) is 18.3 Å². The maximum atomic E-state index is 13.1. The minimum atomic E-state index is -4.69. The summed E-state index contributed by atoms with van der Waals surface area (Å²) in [5.41, 5.74) is 1.55. The molecular weight excluding hydrogens is 380 g/mol. The number of nitro groups is 1. The standard InChI is InChI=1S/C18H12F4N4O2/c19-13-4-6-14(7-5-13)25-9-1-2-15(25)11-23-24-16-8-3-12(18(20,21)22)10-17(16)26(27)28/h1-11,24H/b23-11-. The summed E-state index contributed by atoms with van der Waals surface area (Å²) in [6.45, 7) is 0. The van der Waals surface area contributed by atoms with E-state index in [1.807, 2.05) is 0 Å². The number of nitro benzene ring substituents is 1. The SMILES string of the molecule is O=[N+]([O-])c1cc(C(F)(F)F)ccc1N/N=C\c1cccn1-c1ccc(F)cc1. The van der Waals surface area contributed by atoms with Gasteiger partial charge in [-0.25, -0.2) is 4.39 Å². The van der Waals surface area contributed by atoms with E-state index in [9.17, 15) is 27.7 Å². The van der Waals surface area contributed by atoms with Gasteiger partial charge in [-0.2, -0.15) is 18.3 Å². The highest BCUT2D eigenvalue weighted by Gasteiger charge is 2.33. The second-order valence-corrected chi connectivity index (χ2v) is 5.64. The number of anilines is 1. The van der Waals surface area contributed by atoms with Crippen molar-refractivity contribution in [3.63, 3.8) is 0 Å². The Morgan fingerprint density at radius 3 is 2.46 bits per heavy atom. The lowest BCUT2D eigenvalue weighted by Gasteiger charge is -2.08. The first-order chi connectivity index (χ1) is 13.3. The van der Waals surface area contributed by atoms with Crippen LogP contribution in [0.25, 0.3) is 5.69 Å². The molecule has 0 amide bonds. The molecule has 1 heterocycles. The quantitative estimate of drug-likeness (QED) is 0.288. The Morgan fingerprint density at radius 1 is 1.11 bits per heavy atom. The number of nitrogens with one attached hydrogen (secondary N) is 1. The van der Waals surface area contributed by atoms with Gasteiger partial charge in [0.25, 0.3) is 5.69 Å². The fraction of sp³-hybridized carbons (Fsp3) is 0.0556. The van der Waals surface area contributed by atoms with Crippen molar-refractivity contribution in [2.45, 2.75) is 6.18 Å². The number of benzene rings is 2. The molecule has 10 heteroatoms. The van der Waals surface area contributed by atoms with E-state index < -0.39 is 22.4 Å². The molecule has 28 heavy (non-hydrogen) atoms. The summed E-state index contributed by atoms with van der Waals surface area (Å²) in [7, 11) is 0. The maximum absolute atomic E-state index is 13.1. The van der Waals surface area contributed by atoms with Crippen molar-refractivity contribution in [3.05, 3.63) is 88.0 Å². The Morgan fingerprint density at radius 2 is 1.82 bits per heavy atom. The zero-order valence-electron chi connectivity index (χ0n) is 14.0. The second kappa shape index (κ2) is 7.51. The number of aromatic nitrogens is 1. The normalized spacial score (nSPS) is 11.7. The van der Waals surface area contributed by atoms with Crippen molar-refractivity contribution >= 4 is 17.6 Å². The van der Waals surface area contributed by atoms with Crippen molar-refractivity contribution in [1.29, 1.82) is 0 Å². The van der Waals surface area contributed by atoms with E-state index in [0.717, 1.165) is 12.1 Å². The third-order valence-corrected chi connectivity index (χ3v) is 3.79. The number of hydrogen-bond acceptors (Lipinski definition) is 4. The summed E-state index contributed by atoms with van der Waals surface area (Å²) in [5.74, 6) is -0.387. The molecular formula is C18H12F4N4O2. The Hall–Kier alpha value is -3.69. The molecule has 0 aliphatic rings. The number of hydrazone groups is 1. The summed E-state index contributed by atoms with van der Waals surface area (Å²) in [6.07, 6.45) is -1.65.